The topological polar surface area (TPSA) is 67.1 Å². The van der Waals surface area contributed by atoms with Gasteiger partial charge in [0.2, 0.25) is 0 Å². The lowest BCUT2D eigenvalue weighted by Crippen LogP contribution is -2.20. The second kappa shape index (κ2) is 10.0. The summed E-state index contributed by atoms with van der Waals surface area (Å²) in [5, 5.41) is 19.3. The van der Waals surface area contributed by atoms with Gasteiger partial charge in [-0.05, 0) is 50.7 Å². The van der Waals surface area contributed by atoms with E-state index in [1.54, 1.807) is 11.8 Å². The lowest BCUT2D eigenvalue weighted by Gasteiger charge is -2.17. The molecule has 0 amide bonds. The van der Waals surface area contributed by atoms with E-state index in [1.165, 1.54) is 0 Å². The van der Waals surface area contributed by atoms with Gasteiger partial charge in [-0.15, -0.1) is 10.2 Å². The van der Waals surface area contributed by atoms with Crippen LogP contribution in [-0.4, -0.2) is 49.2 Å². The Morgan fingerprint density at radius 3 is 2.71 bits per heavy atom. The second-order valence-corrected chi connectivity index (χ2v) is 8.08. The van der Waals surface area contributed by atoms with E-state index in [1.807, 2.05) is 61.0 Å². The third kappa shape index (κ3) is 5.54. The third-order valence-corrected chi connectivity index (χ3v) is 5.34. The van der Waals surface area contributed by atoms with Crippen LogP contribution in [0, 0.1) is 6.92 Å². The quantitative estimate of drug-likeness (QED) is 0.422. The van der Waals surface area contributed by atoms with Gasteiger partial charge in [-0.25, -0.2) is 0 Å². The molecule has 0 radical (unpaired) electrons. The summed E-state index contributed by atoms with van der Waals surface area (Å²) in [7, 11) is 2.04. The number of aryl methyl sites for hydroxylation is 1. The number of aliphatic hydroxyl groups excluding tert-OH is 1. The van der Waals surface area contributed by atoms with Crippen molar-refractivity contribution < 1.29 is 5.11 Å². The Hall–Kier alpha value is -1.93. The van der Waals surface area contributed by atoms with Crippen molar-refractivity contribution in [3.63, 3.8) is 0 Å². The molecular formula is C20H24ClN5OS. The van der Waals surface area contributed by atoms with Crippen LogP contribution in [0.1, 0.15) is 23.6 Å². The number of pyridine rings is 1. The van der Waals surface area contributed by atoms with Crippen molar-refractivity contribution in [2.45, 2.75) is 31.6 Å². The van der Waals surface area contributed by atoms with Crippen LogP contribution in [0.15, 0.2) is 47.6 Å². The fourth-order valence-electron chi connectivity index (χ4n) is 2.86. The SMILES string of the molecule is Cc1cccc(CN(C)Cc2nnc(SCCCO)n2-c2cccc(Cl)c2)n1. The van der Waals surface area contributed by atoms with Gasteiger partial charge < -0.3 is 5.11 Å². The van der Waals surface area contributed by atoms with Crippen LogP contribution in [0.5, 0.6) is 0 Å². The van der Waals surface area contributed by atoms with Gasteiger partial charge in [0.05, 0.1) is 17.9 Å². The van der Waals surface area contributed by atoms with Gasteiger partial charge in [0, 0.05) is 29.6 Å². The standard InChI is InChI=1S/C20H24ClN5OS/c1-15-6-3-8-17(22-15)13-25(2)14-19-23-24-20(28-11-5-10-27)26(19)18-9-4-7-16(21)12-18/h3-4,6-9,12,27H,5,10-11,13-14H2,1-2H3. The van der Waals surface area contributed by atoms with E-state index in [0.29, 0.717) is 18.0 Å². The van der Waals surface area contributed by atoms with E-state index in [2.05, 4.69) is 20.1 Å². The molecule has 0 saturated heterocycles. The Balaban J connectivity index is 1.83. The van der Waals surface area contributed by atoms with Crippen LogP contribution in [0.25, 0.3) is 5.69 Å². The number of hydrogen-bond donors (Lipinski definition) is 1. The van der Waals surface area contributed by atoms with Gasteiger partial charge in [-0.1, -0.05) is 35.5 Å². The average molecular weight is 418 g/mol. The number of aromatic nitrogens is 4. The van der Waals surface area contributed by atoms with E-state index < -0.39 is 0 Å². The van der Waals surface area contributed by atoms with Crippen molar-refractivity contribution in [1.82, 2.24) is 24.6 Å². The Morgan fingerprint density at radius 1 is 1.14 bits per heavy atom. The molecule has 3 rings (SSSR count). The summed E-state index contributed by atoms with van der Waals surface area (Å²) in [6, 6.07) is 13.7. The zero-order valence-corrected chi connectivity index (χ0v) is 17.6. The van der Waals surface area contributed by atoms with E-state index >= 15 is 0 Å². The lowest BCUT2D eigenvalue weighted by molar-refractivity contribution is 0.296. The fourth-order valence-corrected chi connectivity index (χ4v) is 3.94. The van der Waals surface area contributed by atoms with Gasteiger partial charge in [0.25, 0.3) is 0 Å². The first kappa shape index (κ1) is 20.8. The van der Waals surface area contributed by atoms with Gasteiger partial charge >= 0.3 is 0 Å². The summed E-state index contributed by atoms with van der Waals surface area (Å²) < 4.78 is 2.04. The van der Waals surface area contributed by atoms with Crippen LogP contribution < -0.4 is 0 Å². The summed E-state index contributed by atoms with van der Waals surface area (Å²) in [6.45, 7) is 3.50. The molecule has 0 aliphatic rings. The highest BCUT2D eigenvalue weighted by atomic mass is 35.5. The molecule has 1 aromatic carbocycles. The van der Waals surface area contributed by atoms with Crippen molar-refractivity contribution in [3.05, 3.63) is 64.7 Å². The molecule has 2 heterocycles. The third-order valence-electron chi connectivity index (χ3n) is 4.09. The smallest absolute Gasteiger partial charge is 0.195 e. The van der Waals surface area contributed by atoms with Crippen molar-refractivity contribution in [1.29, 1.82) is 0 Å². The molecule has 0 atom stereocenters. The van der Waals surface area contributed by atoms with E-state index in [9.17, 15) is 0 Å². The highest BCUT2D eigenvalue weighted by Crippen LogP contribution is 2.25. The zero-order chi connectivity index (χ0) is 19.9. The number of nitrogens with zero attached hydrogens (tertiary/aromatic N) is 5. The van der Waals surface area contributed by atoms with Crippen LogP contribution >= 0.6 is 23.4 Å². The van der Waals surface area contributed by atoms with Crippen molar-refractivity contribution in [2.75, 3.05) is 19.4 Å². The molecule has 2 aromatic heterocycles. The number of thioether (sulfide) groups is 1. The normalized spacial score (nSPS) is 11.3. The first-order valence-electron chi connectivity index (χ1n) is 9.12. The maximum atomic E-state index is 9.06. The Kier molecular flexibility index (Phi) is 7.44. The highest BCUT2D eigenvalue weighted by Gasteiger charge is 2.16. The predicted octanol–water partition coefficient (Wildman–Crippen LogP) is 3.73. The number of rotatable bonds is 9. The van der Waals surface area contributed by atoms with Gasteiger partial charge in [0.1, 0.15) is 0 Å². The molecular weight excluding hydrogens is 394 g/mol. The lowest BCUT2D eigenvalue weighted by atomic mass is 10.3. The van der Waals surface area contributed by atoms with Crippen molar-refractivity contribution in [2.24, 2.45) is 0 Å². The minimum absolute atomic E-state index is 0.164. The van der Waals surface area contributed by atoms with Crippen LogP contribution in [0.4, 0.5) is 0 Å². The van der Waals surface area contributed by atoms with Gasteiger partial charge in [-0.2, -0.15) is 0 Å². The maximum absolute atomic E-state index is 9.06. The summed E-state index contributed by atoms with van der Waals surface area (Å²) in [5.74, 6) is 1.61. The van der Waals surface area contributed by atoms with E-state index in [4.69, 9.17) is 16.7 Å². The highest BCUT2D eigenvalue weighted by molar-refractivity contribution is 7.99. The predicted molar refractivity (Wildman–Crippen MR) is 113 cm³/mol. The first-order valence-corrected chi connectivity index (χ1v) is 10.5. The molecule has 3 aromatic rings. The molecule has 1 N–H and O–H groups in total. The molecule has 8 heteroatoms. The number of halogens is 1. The molecule has 0 spiro atoms. The molecule has 148 valence electrons. The maximum Gasteiger partial charge on any atom is 0.195 e. The summed E-state index contributed by atoms with van der Waals surface area (Å²) in [4.78, 5) is 6.73. The Labute approximate surface area is 174 Å². The molecule has 28 heavy (non-hydrogen) atoms. The monoisotopic (exact) mass is 417 g/mol. The molecule has 0 aliphatic carbocycles. The van der Waals surface area contributed by atoms with Crippen LogP contribution in [0.2, 0.25) is 5.02 Å². The molecule has 0 fully saturated rings. The fraction of sp³-hybridized carbons (Fsp3) is 0.350. The minimum atomic E-state index is 0.164. The molecule has 0 saturated carbocycles. The summed E-state index contributed by atoms with van der Waals surface area (Å²) in [5.41, 5.74) is 2.96. The van der Waals surface area contributed by atoms with Crippen LogP contribution in [0.3, 0.4) is 0 Å². The van der Waals surface area contributed by atoms with E-state index in [0.717, 1.165) is 40.4 Å². The van der Waals surface area contributed by atoms with Gasteiger partial charge in [-0.3, -0.25) is 14.5 Å². The molecule has 0 unspecified atom stereocenters. The number of hydrogen-bond acceptors (Lipinski definition) is 6. The van der Waals surface area contributed by atoms with Crippen molar-refractivity contribution >= 4 is 23.4 Å². The molecule has 0 bridgehead atoms. The Morgan fingerprint density at radius 2 is 1.96 bits per heavy atom. The first-order chi connectivity index (χ1) is 13.6. The number of aliphatic hydroxyl groups is 1. The summed E-state index contributed by atoms with van der Waals surface area (Å²) >= 11 is 7.79. The van der Waals surface area contributed by atoms with Crippen LogP contribution in [-0.2, 0) is 13.1 Å². The average Bonchev–Trinajstić information content (AvgIpc) is 3.04. The zero-order valence-electron chi connectivity index (χ0n) is 16.0. The van der Waals surface area contributed by atoms with E-state index in [-0.39, 0.29) is 6.61 Å². The van der Waals surface area contributed by atoms with Crippen molar-refractivity contribution in [3.8, 4) is 5.69 Å². The Bertz CT molecular complexity index is 917. The molecule has 6 nitrogen and oxygen atoms in total. The van der Waals surface area contributed by atoms with Gasteiger partial charge in [0.15, 0.2) is 11.0 Å². The number of benzene rings is 1. The second-order valence-electron chi connectivity index (χ2n) is 6.58. The molecule has 0 aliphatic heterocycles. The minimum Gasteiger partial charge on any atom is -0.396 e. The summed E-state index contributed by atoms with van der Waals surface area (Å²) in [6.07, 6.45) is 0.710. The largest absolute Gasteiger partial charge is 0.396 e.